The lowest BCUT2D eigenvalue weighted by atomic mass is 10.1. The summed E-state index contributed by atoms with van der Waals surface area (Å²) < 4.78 is 0. The third-order valence-electron chi connectivity index (χ3n) is 4.58. The highest BCUT2D eigenvalue weighted by Crippen LogP contribution is 2.18. The van der Waals surface area contributed by atoms with Crippen LogP contribution in [0.15, 0.2) is 65.2 Å². The van der Waals surface area contributed by atoms with Gasteiger partial charge < -0.3 is 10.2 Å². The highest BCUT2D eigenvalue weighted by atomic mass is 32.2. The molecule has 27 heavy (non-hydrogen) atoms. The van der Waals surface area contributed by atoms with Crippen molar-refractivity contribution in [3.8, 4) is 0 Å². The molecule has 0 unspecified atom stereocenters. The summed E-state index contributed by atoms with van der Waals surface area (Å²) in [5.41, 5.74) is 1.75. The third-order valence-corrected chi connectivity index (χ3v) is 5.33. The number of piperidine rings is 1. The van der Waals surface area contributed by atoms with Gasteiger partial charge in [-0.15, -0.1) is 11.8 Å². The van der Waals surface area contributed by atoms with Crippen LogP contribution in [-0.2, 0) is 4.79 Å². The van der Waals surface area contributed by atoms with E-state index in [1.54, 1.807) is 30.0 Å². The Morgan fingerprint density at radius 1 is 0.963 bits per heavy atom. The molecule has 0 aliphatic carbocycles. The first-order valence-corrected chi connectivity index (χ1v) is 10.4. The normalized spacial score (nSPS) is 14.7. The predicted molar refractivity (Wildman–Crippen MR) is 111 cm³/mol. The molecule has 1 N–H and O–H groups in total. The molecule has 0 atom stereocenters. The summed E-state index contributed by atoms with van der Waals surface area (Å²) >= 11 is 1.67. The van der Waals surface area contributed by atoms with Crippen molar-refractivity contribution in [3.63, 3.8) is 0 Å². The lowest BCUT2D eigenvalue weighted by Crippen LogP contribution is -2.41. The van der Waals surface area contributed by atoms with Crippen molar-refractivity contribution < 1.29 is 9.59 Å². The van der Waals surface area contributed by atoms with Crippen molar-refractivity contribution >= 4 is 29.7 Å². The van der Waals surface area contributed by atoms with Gasteiger partial charge >= 0.3 is 0 Å². The first-order valence-electron chi connectivity index (χ1n) is 9.19. The topological polar surface area (TPSA) is 49.4 Å². The van der Waals surface area contributed by atoms with E-state index in [0.717, 1.165) is 42.8 Å². The SMILES string of the molecule is CSc1ccc(/C=C(/NC(=O)c2ccccc2)C(=O)N2CCCCC2)cc1. The van der Waals surface area contributed by atoms with Crippen LogP contribution in [0.3, 0.4) is 0 Å². The number of rotatable bonds is 5. The van der Waals surface area contributed by atoms with Crippen LogP contribution in [0, 0.1) is 0 Å². The van der Waals surface area contributed by atoms with Crippen molar-refractivity contribution in [1.82, 2.24) is 10.2 Å². The molecule has 0 aromatic heterocycles. The van der Waals surface area contributed by atoms with Gasteiger partial charge in [0.05, 0.1) is 0 Å². The van der Waals surface area contributed by atoms with Gasteiger partial charge in [-0.05, 0) is 61.4 Å². The number of benzene rings is 2. The van der Waals surface area contributed by atoms with Gasteiger partial charge in [0.25, 0.3) is 11.8 Å². The second-order valence-electron chi connectivity index (χ2n) is 6.50. The molecular formula is C22H24N2O2S. The molecule has 1 aliphatic heterocycles. The number of carbonyl (C=O) groups excluding carboxylic acids is 2. The maximum atomic E-state index is 13.0. The van der Waals surface area contributed by atoms with Crippen molar-refractivity contribution in [2.75, 3.05) is 19.3 Å². The number of hydrogen-bond donors (Lipinski definition) is 1. The number of nitrogens with one attached hydrogen (secondary N) is 1. The van der Waals surface area contributed by atoms with E-state index < -0.39 is 0 Å². The monoisotopic (exact) mass is 380 g/mol. The number of nitrogens with zero attached hydrogens (tertiary/aromatic N) is 1. The Morgan fingerprint density at radius 3 is 2.26 bits per heavy atom. The van der Waals surface area contributed by atoms with Gasteiger partial charge in [-0.1, -0.05) is 30.3 Å². The molecule has 3 rings (SSSR count). The summed E-state index contributed by atoms with van der Waals surface area (Å²) in [5.74, 6) is -0.388. The fraction of sp³-hybridized carbons (Fsp3) is 0.273. The van der Waals surface area contributed by atoms with Gasteiger partial charge in [0, 0.05) is 23.5 Å². The first-order chi connectivity index (χ1) is 13.2. The second-order valence-corrected chi connectivity index (χ2v) is 7.38. The summed E-state index contributed by atoms with van der Waals surface area (Å²) in [4.78, 5) is 28.6. The molecule has 0 saturated carbocycles. The van der Waals surface area contributed by atoms with Crippen molar-refractivity contribution in [2.24, 2.45) is 0 Å². The molecule has 0 spiro atoms. The molecular weight excluding hydrogens is 356 g/mol. The van der Waals surface area contributed by atoms with Crippen LogP contribution < -0.4 is 5.32 Å². The first kappa shape index (κ1) is 19.2. The fourth-order valence-corrected chi connectivity index (χ4v) is 3.48. The van der Waals surface area contributed by atoms with Crippen LogP contribution >= 0.6 is 11.8 Å². The van der Waals surface area contributed by atoms with E-state index in [0.29, 0.717) is 11.3 Å². The Balaban J connectivity index is 1.86. The van der Waals surface area contributed by atoms with Crippen LogP contribution in [0.5, 0.6) is 0 Å². The lowest BCUT2D eigenvalue weighted by Gasteiger charge is -2.27. The minimum atomic E-state index is -0.270. The zero-order valence-corrected chi connectivity index (χ0v) is 16.3. The highest BCUT2D eigenvalue weighted by molar-refractivity contribution is 7.98. The number of likely N-dealkylation sites (tertiary alicyclic amines) is 1. The number of amides is 2. The standard InChI is InChI=1S/C22H24N2O2S/c1-27-19-12-10-17(11-13-19)16-20(22(26)24-14-6-3-7-15-24)23-21(25)18-8-4-2-5-9-18/h2,4-5,8-13,16H,3,6-7,14-15H2,1H3,(H,23,25)/b20-16+. The van der Waals surface area contributed by atoms with Gasteiger partial charge in [-0.2, -0.15) is 0 Å². The molecule has 0 radical (unpaired) electrons. The smallest absolute Gasteiger partial charge is 0.270 e. The van der Waals surface area contributed by atoms with Gasteiger partial charge in [-0.3, -0.25) is 9.59 Å². The minimum absolute atomic E-state index is 0.118. The summed E-state index contributed by atoms with van der Waals surface area (Å²) in [5, 5.41) is 2.83. The molecule has 2 aromatic carbocycles. The highest BCUT2D eigenvalue weighted by Gasteiger charge is 2.22. The Hall–Kier alpha value is -2.53. The van der Waals surface area contributed by atoms with Crippen molar-refractivity contribution in [3.05, 3.63) is 71.4 Å². The fourth-order valence-electron chi connectivity index (χ4n) is 3.07. The zero-order valence-electron chi connectivity index (χ0n) is 15.5. The summed E-state index contributed by atoms with van der Waals surface area (Å²) in [6.45, 7) is 1.48. The Labute approximate surface area is 164 Å². The zero-order chi connectivity index (χ0) is 19.1. The van der Waals surface area contributed by atoms with E-state index in [2.05, 4.69) is 5.32 Å². The second kappa shape index (κ2) is 9.42. The molecule has 2 amide bonds. The van der Waals surface area contributed by atoms with Crippen LogP contribution in [0.25, 0.3) is 6.08 Å². The largest absolute Gasteiger partial charge is 0.337 e. The molecule has 4 nitrogen and oxygen atoms in total. The maximum Gasteiger partial charge on any atom is 0.270 e. The molecule has 140 valence electrons. The lowest BCUT2D eigenvalue weighted by molar-refractivity contribution is -0.128. The van der Waals surface area contributed by atoms with E-state index in [1.807, 2.05) is 53.6 Å². The molecule has 1 heterocycles. The van der Waals surface area contributed by atoms with E-state index in [1.165, 1.54) is 0 Å². The maximum absolute atomic E-state index is 13.0. The Kier molecular flexibility index (Phi) is 6.71. The van der Waals surface area contributed by atoms with Gasteiger partial charge in [0.1, 0.15) is 5.70 Å². The Morgan fingerprint density at radius 2 is 1.63 bits per heavy atom. The Bertz CT molecular complexity index is 810. The van der Waals surface area contributed by atoms with Crippen LogP contribution in [-0.4, -0.2) is 36.1 Å². The van der Waals surface area contributed by atoms with E-state index in [4.69, 9.17) is 0 Å². The minimum Gasteiger partial charge on any atom is -0.337 e. The van der Waals surface area contributed by atoms with E-state index >= 15 is 0 Å². The van der Waals surface area contributed by atoms with Crippen molar-refractivity contribution in [1.29, 1.82) is 0 Å². The summed E-state index contributed by atoms with van der Waals surface area (Å²) in [7, 11) is 0. The molecule has 1 fully saturated rings. The van der Waals surface area contributed by atoms with Gasteiger partial charge in [-0.25, -0.2) is 0 Å². The van der Waals surface area contributed by atoms with Crippen LogP contribution in [0.4, 0.5) is 0 Å². The predicted octanol–water partition coefficient (Wildman–Crippen LogP) is 4.19. The third kappa shape index (κ3) is 5.23. The van der Waals surface area contributed by atoms with Crippen LogP contribution in [0.2, 0.25) is 0 Å². The van der Waals surface area contributed by atoms with E-state index in [9.17, 15) is 9.59 Å². The average Bonchev–Trinajstić information content (AvgIpc) is 2.74. The number of carbonyl (C=O) groups is 2. The molecule has 0 bridgehead atoms. The average molecular weight is 381 g/mol. The van der Waals surface area contributed by atoms with E-state index in [-0.39, 0.29) is 11.8 Å². The van der Waals surface area contributed by atoms with Crippen LogP contribution in [0.1, 0.15) is 35.2 Å². The number of hydrogen-bond acceptors (Lipinski definition) is 3. The molecule has 1 aliphatic rings. The molecule has 5 heteroatoms. The number of thioether (sulfide) groups is 1. The summed E-state index contributed by atoms with van der Waals surface area (Å²) in [6.07, 6.45) is 6.95. The van der Waals surface area contributed by atoms with Crippen molar-refractivity contribution in [2.45, 2.75) is 24.2 Å². The van der Waals surface area contributed by atoms with Gasteiger partial charge in [0.15, 0.2) is 0 Å². The molecule has 2 aromatic rings. The molecule has 1 saturated heterocycles. The summed E-state index contributed by atoms with van der Waals surface area (Å²) in [6, 6.07) is 16.9. The van der Waals surface area contributed by atoms with Gasteiger partial charge in [0.2, 0.25) is 0 Å². The quantitative estimate of drug-likeness (QED) is 0.625.